The first-order chi connectivity index (χ1) is 8.09. The van der Waals surface area contributed by atoms with E-state index in [0.29, 0.717) is 6.61 Å². The minimum absolute atomic E-state index is 0.147. The lowest BCUT2D eigenvalue weighted by atomic mass is 10.1. The number of rotatable bonds is 7. The van der Waals surface area contributed by atoms with Gasteiger partial charge < -0.3 is 14.8 Å². The molecule has 17 heavy (non-hydrogen) atoms. The van der Waals surface area contributed by atoms with Crippen molar-refractivity contribution in [1.82, 2.24) is 10.3 Å². The van der Waals surface area contributed by atoms with E-state index < -0.39 is 0 Å². The van der Waals surface area contributed by atoms with Crippen molar-refractivity contribution in [1.29, 1.82) is 0 Å². The van der Waals surface area contributed by atoms with Crippen molar-refractivity contribution >= 4 is 0 Å². The molecule has 1 aromatic rings. The fourth-order valence-electron chi connectivity index (χ4n) is 1.38. The smallest absolute Gasteiger partial charge is 0.142 e. The summed E-state index contributed by atoms with van der Waals surface area (Å²) < 4.78 is 11.1. The fraction of sp³-hybridized carbons (Fsp3) is 0.615. The Balaban J connectivity index is 2.51. The Labute approximate surface area is 103 Å². The molecule has 0 aliphatic heterocycles. The Hall–Kier alpha value is -1.13. The minimum atomic E-state index is -0.147. The molecule has 0 aromatic carbocycles. The van der Waals surface area contributed by atoms with Crippen molar-refractivity contribution in [2.45, 2.75) is 32.4 Å². The molecule has 1 aromatic heterocycles. The number of nitrogens with one attached hydrogen (secondary N) is 1. The van der Waals surface area contributed by atoms with Crippen molar-refractivity contribution < 1.29 is 9.47 Å². The normalized spacial score (nSPS) is 11.5. The monoisotopic (exact) mass is 238 g/mol. The van der Waals surface area contributed by atoms with Crippen molar-refractivity contribution in [3.63, 3.8) is 0 Å². The van der Waals surface area contributed by atoms with Crippen LogP contribution in [-0.4, -0.2) is 31.3 Å². The standard InChI is InChI=1S/C13H22N2O2/c1-13(2,16-4)6-8-17-12-10-15-7-5-11(12)9-14-3/h5,7,10,14H,6,8-9H2,1-4H3. The van der Waals surface area contributed by atoms with Crippen LogP contribution in [0.15, 0.2) is 18.5 Å². The van der Waals surface area contributed by atoms with Crippen LogP contribution < -0.4 is 10.1 Å². The summed E-state index contributed by atoms with van der Waals surface area (Å²) in [6, 6.07) is 1.97. The number of nitrogens with zero attached hydrogens (tertiary/aromatic N) is 1. The van der Waals surface area contributed by atoms with E-state index >= 15 is 0 Å². The molecule has 1 N–H and O–H groups in total. The molecule has 4 heteroatoms. The molecule has 0 saturated carbocycles. The highest BCUT2D eigenvalue weighted by Crippen LogP contribution is 2.18. The molecule has 0 aliphatic carbocycles. The third kappa shape index (κ3) is 4.71. The van der Waals surface area contributed by atoms with Crippen LogP contribution in [0.4, 0.5) is 0 Å². The average molecular weight is 238 g/mol. The lowest BCUT2D eigenvalue weighted by molar-refractivity contribution is 0.00534. The van der Waals surface area contributed by atoms with E-state index in [0.717, 1.165) is 24.3 Å². The summed E-state index contributed by atoms with van der Waals surface area (Å²) in [5, 5.41) is 3.11. The van der Waals surface area contributed by atoms with Gasteiger partial charge in [-0.1, -0.05) is 0 Å². The van der Waals surface area contributed by atoms with Gasteiger partial charge in [-0.05, 0) is 27.0 Å². The summed E-state index contributed by atoms with van der Waals surface area (Å²) in [5.41, 5.74) is 0.975. The van der Waals surface area contributed by atoms with Gasteiger partial charge in [0.05, 0.1) is 18.4 Å². The maximum atomic E-state index is 5.74. The summed E-state index contributed by atoms with van der Waals surface area (Å²) in [7, 11) is 3.63. The molecule has 96 valence electrons. The molecule has 0 saturated heterocycles. The second kappa shape index (κ2) is 6.57. The highest BCUT2D eigenvalue weighted by Gasteiger charge is 2.16. The number of pyridine rings is 1. The van der Waals surface area contributed by atoms with Gasteiger partial charge in [0, 0.05) is 31.8 Å². The van der Waals surface area contributed by atoms with Crippen LogP contribution in [0.25, 0.3) is 0 Å². The van der Waals surface area contributed by atoms with Crippen molar-refractivity contribution in [3.8, 4) is 5.75 Å². The van der Waals surface area contributed by atoms with Gasteiger partial charge >= 0.3 is 0 Å². The Morgan fingerprint density at radius 2 is 2.18 bits per heavy atom. The quantitative estimate of drug-likeness (QED) is 0.789. The van der Waals surface area contributed by atoms with E-state index in [2.05, 4.69) is 10.3 Å². The first kappa shape index (κ1) is 13.9. The van der Waals surface area contributed by atoms with Gasteiger partial charge in [-0.3, -0.25) is 4.98 Å². The molecule has 0 spiro atoms. The van der Waals surface area contributed by atoms with Gasteiger partial charge in [0.2, 0.25) is 0 Å². The van der Waals surface area contributed by atoms with Gasteiger partial charge in [-0.25, -0.2) is 0 Å². The minimum Gasteiger partial charge on any atom is -0.492 e. The van der Waals surface area contributed by atoms with Gasteiger partial charge in [0.15, 0.2) is 0 Å². The Morgan fingerprint density at radius 3 is 2.82 bits per heavy atom. The van der Waals surface area contributed by atoms with E-state index in [9.17, 15) is 0 Å². The summed E-state index contributed by atoms with van der Waals surface area (Å²) in [6.07, 6.45) is 4.38. The van der Waals surface area contributed by atoms with E-state index in [1.165, 1.54) is 0 Å². The van der Waals surface area contributed by atoms with Crippen LogP contribution in [-0.2, 0) is 11.3 Å². The zero-order valence-corrected chi connectivity index (χ0v) is 11.1. The van der Waals surface area contributed by atoms with Crippen LogP contribution in [0.5, 0.6) is 5.75 Å². The first-order valence-corrected chi connectivity index (χ1v) is 5.84. The summed E-state index contributed by atoms with van der Waals surface area (Å²) in [5.74, 6) is 0.841. The first-order valence-electron chi connectivity index (χ1n) is 5.84. The largest absolute Gasteiger partial charge is 0.492 e. The van der Waals surface area contributed by atoms with Crippen LogP contribution in [0.3, 0.4) is 0 Å². The predicted octanol–water partition coefficient (Wildman–Crippen LogP) is 1.99. The number of hydrogen-bond donors (Lipinski definition) is 1. The Bertz CT molecular complexity index is 340. The SMILES string of the molecule is CNCc1ccncc1OCCC(C)(C)OC. The lowest BCUT2D eigenvalue weighted by Gasteiger charge is -2.23. The van der Waals surface area contributed by atoms with Crippen molar-refractivity contribution in [3.05, 3.63) is 24.0 Å². The van der Waals surface area contributed by atoms with E-state index in [4.69, 9.17) is 9.47 Å². The van der Waals surface area contributed by atoms with E-state index in [1.54, 1.807) is 19.5 Å². The van der Waals surface area contributed by atoms with Gasteiger partial charge in [0.1, 0.15) is 5.75 Å². The molecule has 0 amide bonds. The third-order valence-electron chi connectivity index (χ3n) is 2.75. The van der Waals surface area contributed by atoms with Gasteiger partial charge in [-0.2, -0.15) is 0 Å². The van der Waals surface area contributed by atoms with Crippen LogP contribution >= 0.6 is 0 Å². The molecule has 4 nitrogen and oxygen atoms in total. The molecule has 0 radical (unpaired) electrons. The average Bonchev–Trinajstić information content (AvgIpc) is 2.31. The predicted molar refractivity (Wildman–Crippen MR) is 68.2 cm³/mol. The molecule has 1 heterocycles. The number of aromatic nitrogens is 1. The number of hydrogen-bond acceptors (Lipinski definition) is 4. The topological polar surface area (TPSA) is 43.4 Å². The maximum absolute atomic E-state index is 5.74. The molecular weight excluding hydrogens is 216 g/mol. The number of ether oxygens (including phenoxy) is 2. The molecule has 1 rings (SSSR count). The molecule has 0 fully saturated rings. The molecular formula is C13H22N2O2. The maximum Gasteiger partial charge on any atom is 0.142 e. The van der Waals surface area contributed by atoms with Crippen LogP contribution in [0.1, 0.15) is 25.8 Å². The zero-order valence-electron chi connectivity index (χ0n) is 11.1. The Kier molecular flexibility index (Phi) is 5.38. The molecule has 0 aliphatic rings. The van der Waals surface area contributed by atoms with Gasteiger partial charge in [0.25, 0.3) is 0 Å². The highest BCUT2D eigenvalue weighted by atomic mass is 16.5. The van der Waals surface area contributed by atoms with Crippen molar-refractivity contribution in [2.75, 3.05) is 20.8 Å². The summed E-state index contributed by atoms with van der Waals surface area (Å²) in [6.45, 7) is 5.51. The molecule has 0 unspecified atom stereocenters. The second-order valence-corrected chi connectivity index (χ2v) is 4.58. The van der Waals surface area contributed by atoms with Crippen LogP contribution in [0.2, 0.25) is 0 Å². The molecule has 0 atom stereocenters. The van der Waals surface area contributed by atoms with E-state index in [-0.39, 0.29) is 5.60 Å². The third-order valence-corrected chi connectivity index (χ3v) is 2.75. The summed E-state index contributed by atoms with van der Waals surface area (Å²) >= 11 is 0. The van der Waals surface area contributed by atoms with Crippen molar-refractivity contribution in [2.24, 2.45) is 0 Å². The highest BCUT2D eigenvalue weighted by molar-refractivity contribution is 5.29. The van der Waals surface area contributed by atoms with E-state index in [1.807, 2.05) is 27.0 Å². The Morgan fingerprint density at radius 1 is 1.41 bits per heavy atom. The zero-order chi connectivity index (χ0) is 12.7. The van der Waals surface area contributed by atoms with Crippen LogP contribution in [0, 0.1) is 0 Å². The fourth-order valence-corrected chi connectivity index (χ4v) is 1.38. The number of methoxy groups -OCH3 is 1. The van der Waals surface area contributed by atoms with Gasteiger partial charge in [-0.15, -0.1) is 0 Å². The second-order valence-electron chi connectivity index (χ2n) is 4.58. The summed E-state index contributed by atoms with van der Waals surface area (Å²) in [4.78, 5) is 4.08. The lowest BCUT2D eigenvalue weighted by Crippen LogP contribution is -2.25. The molecule has 0 bridgehead atoms.